The Morgan fingerprint density at radius 2 is 1.84 bits per heavy atom. The minimum Gasteiger partial charge on any atom is -0.325 e. The van der Waals surface area contributed by atoms with Crippen LogP contribution in [0.4, 0.5) is 5.69 Å². The highest BCUT2D eigenvalue weighted by atomic mass is 79.9. The van der Waals surface area contributed by atoms with E-state index in [1.165, 1.54) is 6.92 Å². The Bertz CT molecular complexity index is 799. The fraction of sp³-hybridized carbons (Fsp3) is 0.0667. The van der Waals surface area contributed by atoms with Crippen LogP contribution >= 0.6 is 15.9 Å². The van der Waals surface area contributed by atoms with E-state index in [0.29, 0.717) is 0 Å². The second-order valence-electron chi connectivity index (χ2n) is 4.35. The SMILES string of the molecule is CC(=O)Nc1c2ccccc2nc2ccc(Br)cc12. The van der Waals surface area contributed by atoms with E-state index in [-0.39, 0.29) is 5.91 Å². The van der Waals surface area contributed by atoms with Gasteiger partial charge in [-0.1, -0.05) is 34.1 Å². The first-order valence-corrected chi connectivity index (χ1v) is 6.70. The first kappa shape index (κ1) is 12.1. The first-order chi connectivity index (χ1) is 9.15. The first-order valence-electron chi connectivity index (χ1n) is 5.91. The molecule has 1 aromatic heterocycles. The molecule has 0 fully saturated rings. The molecule has 0 unspecified atom stereocenters. The summed E-state index contributed by atoms with van der Waals surface area (Å²) in [5, 5.41) is 4.80. The van der Waals surface area contributed by atoms with Crippen LogP contribution in [0.5, 0.6) is 0 Å². The molecule has 0 saturated carbocycles. The van der Waals surface area contributed by atoms with Crippen LogP contribution in [0.3, 0.4) is 0 Å². The summed E-state index contributed by atoms with van der Waals surface area (Å²) in [7, 11) is 0. The van der Waals surface area contributed by atoms with E-state index in [2.05, 4.69) is 26.2 Å². The molecule has 94 valence electrons. The molecule has 1 amide bonds. The minimum absolute atomic E-state index is 0.0855. The Labute approximate surface area is 118 Å². The third-order valence-corrected chi connectivity index (χ3v) is 3.44. The van der Waals surface area contributed by atoms with Crippen LogP contribution in [0, 0.1) is 0 Å². The summed E-state index contributed by atoms with van der Waals surface area (Å²) in [6.45, 7) is 1.51. The molecule has 0 spiro atoms. The number of carbonyl (C=O) groups excluding carboxylic acids is 1. The molecule has 3 aromatic rings. The van der Waals surface area contributed by atoms with Crippen LogP contribution in [0.25, 0.3) is 21.8 Å². The smallest absolute Gasteiger partial charge is 0.221 e. The van der Waals surface area contributed by atoms with Crippen molar-refractivity contribution in [1.82, 2.24) is 4.98 Å². The maximum atomic E-state index is 11.4. The summed E-state index contributed by atoms with van der Waals surface area (Å²) < 4.78 is 0.962. The van der Waals surface area contributed by atoms with Gasteiger partial charge >= 0.3 is 0 Å². The van der Waals surface area contributed by atoms with Gasteiger partial charge in [-0.05, 0) is 24.3 Å². The van der Waals surface area contributed by atoms with Gasteiger partial charge in [0.2, 0.25) is 5.91 Å². The van der Waals surface area contributed by atoms with Crippen molar-refractivity contribution in [2.24, 2.45) is 0 Å². The number of fused-ring (bicyclic) bond motifs is 2. The molecule has 3 rings (SSSR count). The molecular formula is C15H11BrN2O. The summed E-state index contributed by atoms with van der Waals surface area (Å²) in [5.74, 6) is -0.0855. The highest BCUT2D eigenvalue weighted by Crippen LogP contribution is 2.32. The topological polar surface area (TPSA) is 42.0 Å². The predicted octanol–water partition coefficient (Wildman–Crippen LogP) is 4.11. The lowest BCUT2D eigenvalue weighted by atomic mass is 10.1. The van der Waals surface area contributed by atoms with Crippen LogP contribution in [0.2, 0.25) is 0 Å². The number of nitrogens with zero attached hydrogens (tertiary/aromatic N) is 1. The van der Waals surface area contributed by atoms with Gasteiger partial charge in [0, 0.05) is 22.2 Å². The predicted molar refractivity (Wildman–Crippen MR) is 81.3 cm³/mol. The molecule has 0 bridgehead atoms. The minimum atomic E-state index is -0.0855. The van der Waals surface area contributed by atoms with Gasteiger partial charge in [-0.3, -0.25) is 4.79 Å². The summed E-state index contributed by atoms with van der Waals surface area (Å²) in [4.78, 5) is 16.1. The number of hydrogen-bond donors (Lipinski definition) is 1. The Kier molecular flexibility index (Phi) is 2.95. The van der Waals surface area contributed by atoms with E-state index in [1.54, 1.807) is 0 Å². The van der Waals surface area contributed by atoms with E-state index in [0.717, 1.165) is 32.0 Å². The number of hydrogen-bond acceptors (Lipinski definition) is 2. The quantitative estimate of drug-likeness (QED) is 0.687. The molecule has 4 heteroatoms. The highest BCUT2D eigenvalue weighted by molar-refractivity contribution is 9.10. The number of amides is 1. The lowest BCUT2D eigenvalue weighted by Gasteiger charge is -2.11. The number of rotatable bonds is 1. The molecule has 0 aliphatic rings. The normalized spacial score (nSPS) is 10.8. The molecule has 1 N–H and O–H groups in total. The van der Waals surface area contributed by atoms with Crippen molar-refractivity contribution in [3.8, 4) is 0 Å². The fourth-order valence-corrected chi connectivity index (χ4v) is 2.54. The molecule has 0 aliphatic carbocycles. The number of benzene rings is 2. The van der Waals surface area contributed by atoms with E-state index in [9.17, 15) is 4.79 Å². The summed E-state index contributed by atoms with van der Waals surface area (Å²) in [5.41, 5.74) is 2.56. The van der Waals surface area contributed by atoms with Gasteiger partial charge in [-0.15, -0.1) is 0 Å². The maximum absolute atomic E-state index is 11.4. The van der Waals surface area contributed by atoms with E-state index in [4.69, 9.17) is 0 Å². The summed E-state index contributed by atoms with van der Waals surface area (Å²) in [6, 6.07) is 13.7. The van der Waals surface area contributed by atoms with Crippen molar-refractivity contribution < 1.29 is 4.79 Å². The number of nitrogens with one attached hydrogen (secondary N) is 1. The Hall–Kier alpha value is -1.94. The second-order valence-corrected chi connectivity index (χ2v) is 5.26. The van der Waals surface area contributed by atoms with Crippen LogP contribution < -0.4 is 5.32 Å². The third-order valence-electron chi connectivity index (χ3n) is 2.94. The largest absolute Gasteiger partial charge is 0.325 e. The number of anilines is 1. The van der Waals surface area contributed by atoms with Gasteiger partial charge < -0.3 is 5.32 Å². The zero-order chi connectivity index (χ0) is 13.4. The number of carbonyl (C=O) groups is 1. The molecule has 0 radical (unpaired) electrons. The second kappa shape index (κ2) is 4.63. The van der Waals surface area contributed by atoms with E-state index in [1.807, 2.05) is 42.5 Å². The van der Waals surface area contributed by atoms with Gasteiger partial charge in [0.25, 0.3) is 0 Å². The van der Waals surface area contributed by atoms with E-state index >= 15 is 0 Å². The zero-order valence-electron chi connectivity index (χ0n) is 10.3. The molecule has 3 nitrogen and oxygen atoms in total. The van der Waals surface area contributed by atoms with Crippen LogP contribution in [-0.2, 0) is 4.79 Å². The van der Waals surface area contributed by atoms with Gasteiger partial charge in [-0.2, -0.15) is 0 Å². The average molecular weight is 315 g/mol. The highest BCUT2D eigenvalue weighted by Gasteiger charge is 2.10. The molecule has 0 aliphatic heterocycles. The van der Waals surface area contributed by atoms with Crippen LogP contribution in [-0.4, -0.2) is 10.9 Å². The number of aromatic nitrogens is 1. The molecule has 0 atom stereocenters. The van der Waals surface area contributed by atoms with Crippen molar-refractivity contribution in [3.63, 3.8) is 0 Å². The van der Waals surface area contributed by atoms with Gasteiger partial charge in [0.1, 0.15) is 0 Å². The summed E-state index contributed by atoms with van der Waals surface area (Å²) >= 11 is 3.46. The van der Waals surface area contributed by atoms with Gasteiger partial charge in [0.15, 0.2) is 0 Å². The lowest BCUT2D eigenvalue weighted by Crippen LogP contribution is -2.07. The zero-order valence-corrected chi connectivity index (χ0v) is 11.9. The van der Waals surface area contributed by atoms with Gasteiger partial charge in [0.05, 0.1) is 16.7 Å². The Morgan fingerprint density at radius 1 is 1.11 bits per heavy atom. The standard InChI is InChI=1S/C15H11BrN2O/c1-9(19)17-15-11-4-2-3-5-13(11)18-14-7-6-10(16)8-12(14)15/h2-8H,1H3,(H,17,18,19). The number of para-hydroxylation sites is 1. The van der Waals surface area contributed by atoms with Crippen molar-refractivity contribution in [2.75, 3.05) is 5.32 Å². The van der Waals surface area contributed by atoms with Crippen LogP contribution in [0.1, 0.15) is 6.92 Å². The maximum Gasteiger partial charge on any atom is 0.221 e. The van der Waals surface area contributed by atoms with Crippen LogP contribution in [0.15, 0.2) is 46.9 Å². The number of pyridine rings is 1. The number of halogens is 1. The lowest BCUT2D eigenvalue weighted by molar-refractivity contribution is -0.114. The average Bonchev–Trinajstić information content (AvgIpc) is 2.39. The Balaban J connectivity index is 2.46. The van der Waals surface area contributed by atoms with E-state index < -0.39 is 0 Å². The molecule has 1 heterocycles. The van der Waals surface area contributed by atoms with Crippen molar-refractivity contribution >= 4 is 49.3 Å². The molecular weight excluding hydrogens is 304 g/mol. The molecule has 0 saturated heterocycles. The molecule has 19 heavy (non-hydrogen) atoms. The monoisotopic (exact) mass is 314 g/mol. The van der Waals surface area contributed by atoms with Gasteiger partial charge in [-0.25, -0.2) is 4.98 Å². The van der Waals surface area contributed by atoms with Crippen molar-refractivity contribution in [3.05, 3.63) is 46.9 Å². The van der Waals surface area contributed by atoms with Crippen molar-refractivity contribution in [1.29, 1.82) is 0 Å². The van der Waals surface area contributed by atoms with Crippen molar-refractivity contribution in [2.45, 2.75) is 6.92 Å². The summed E-state index contributed by atoms with van der Waals surface area (Å²) in [6.07, 6.45) is 0. The molecule has 2 aromatic carbocycles. The Morgan fingerprint density at radius 3 is 2.63 bits per heavy atom. The third kappa shape index (κ3) is 2.19. The fourth-order valence-electron chi connectivity index (χ4n) is 2.17.